The fraction of sp³-hybridized carbons (Fsp3) is 0.176. The number of hydrogen-bond acceptors (Lipinski definition) is 3. The summed E-state index contributed by atoms with van der Waals surface area (Å²) < 4.78 is 13.9. The number of aromatic nitrogens is 1. The van der Waals surface area contributed by atoms with Crippen LogP contribution in [-0.2, 0) is 0 Å². The molecule has 1 aliphatic heterocycles. The van der Waals surface area contributed by atoms with Gasteiger partial charge in [0.05, 0.1) is 11.3 Å². The summed E-state index contributed by atoms with van der Waals surface area (Å²) in [5.74, 6) is -0.129. The number of hydrogen-bond donors (Lipinski definition) is 0. The van der Waals surface area contributed by atoms with Crippen molar-refractivity contribution >= 4 is 17.4 Å². The number of anilines is 2. The molecule has 0 atom stereocenters. The van der Waals surface area contributed by atoms with E-state index in [9.17, 15) is 9.18 Å². The van der Waals surface area contributed by atoms with E-state index in [4.69, 9.17) is 0 Å². The Hall–Kier alpha value is -2.69. The van der Waals surface area contributed by atoms with Crippen molar-refractivity contribution in [2.75, 3.05) is 29.4 Å². The smallest absolute Gasteiger partial charge is 0.261 e. The maximum atomic E-state index is 13.9. The molecular formula is C17H16FN3O. The number of rotatable bonds is 3. The van der Waals surface area contributed by atoms with Crippen LogP contribution in [0.2, 0.25) is 0 Å². The fourth-order valence-corrected chi connectivity index (χ4v) is 2.61. The molecule has 0 aliphatic carbocycles. The molecule has 22 heavy (non-hydrogen) atoms. The monoisotopic (exact) mass is 297 g/mol. The van der Waals surface area contributed by atoms with Gasteiger partial charge in [0.1, 0.15) is 5.82 Å². The van der Waals surface area contributed by atoms with Gasteiger partial charge in [0.25, 0.3) is 5.91 Å². The Balaban J connectivity index is 1.99. The number of fused-ring (bicyclic) bond motifs is 1. The van der Waals surface area contributed by atoms with E-state index in [0.717, 1.165) is 5.82 Å². The maximum Gasteiger partial charge on any atom is 0.261 e. The van der Waals surface area contributed by atoms with Crippen molar-refractivity contribution in [1.82, 2.24) is 4.98 Å². The highest BCUT2D eigenvalue weighted by Crippen LogP contribution is 2.31. The van der Waals surface area contributed by atoms with Crippen molar-refractivity contribution in [3.05, 3.63) is 66.6 Å². The molecule has 0 radical (unpaired) electrons. The molecule has 0 fully saturated rings. The van der Waals surface area contributed by atoms with Crippen molar-refractivity contribution in [2.45, 2.75) is 0 Å². The zero-order valence-corrected chi connectivity index (χ0v) is 12.1. The summed E-state index contributed by atoms with van der Waals surface area (Å²) in [4.78, 5) is 20.7. The molecule has 3 rings (SSSR count). The molecule has 1 aliphatic rings. The molecule has 1 aromatic heterocycles. The number of nitrogens with zero attached hydrogens (tertiary/aromatic N) is 3. The van der Waals surface area contributed by atoms with Crippen molar-refractivity contribution in [3.8, 4) is 0 Å². The van der Waals surface area contributed by atoms with Gasteiger partial charge in [-0.25, -0.2) is 9.37 Å². The van der Waals surface area contributed by atoms with Crippen molar-refractivity contribution in [3.63, 3.8) is 0 Å². The van der Waals surface area contributed by atoms with E-state index in [0.29, 0.717) is 25.3 Å². The Bertz CT molecular complexity index is 717. The molecule has 0 bridgehead atoms. The van der Waals surface area contributed by atoms with Gasteiger partial charge >= 0.3 is 0 Å². The van der Waals surface area contributed by atoms with E-state index in [1.54, 1.807) is 35.4 Å². The van der Waals surface area contributed by atoms with Gasteiger partial charge in [-0.05, 0) is 24.3 Å². The number of benzene rings is 1. The lowest BCUT2D eigenvalue weighted by Crippen LogP contribution is -2.44. The molecule has 0 spiro atoms. The summed E-state index contributed by atoms with van der Waals surface area (Å²) in [6, 6.07) is 9.64. The Morgan fingerprint density at radius 2 is 2.09 bits per heavy atom. The highest BCUT2D eigenvalue weighted by molar-refractivity contribution is 6.08. The van der Waals surface area contributed by atoms with Gasteiger partial charge in [-0.1, -0.05) is 18.2 Å². The van der Waals surface area contributed by atoms with Crippen LogP contribution >= 0.6 is 0 Å². The van der Waals surface area contributed by atoms with Gasteiger partial charge in [0.15, 0.2) is 5.82 Å². The van der Waals surface area contributed by atoms with Crippen LogP contribution in [0.15, 0.2) is 55.3 Å². The first-order chi connectivity index (χ1) is 10.7. The molecule has 112 valence electrons. The highest BCUT2D eigenvalue weighted by Gasteiger charge is 2.28. The summed E-state index contributed by atoms with van der Waals surface area (Å²) in [5.41, 5.74) is 0.776. The third kappa shape index (κ3) is 2.45. The highest BCUT2D eigenvalue weighted by atomic mass is 19.1. The largest absolute Gasteiger partial charge is 0.349 e. The SMILES string of the molecule is C=CCN1CCN(C(=O)c2ccccc2F)c2cccnc21. The molecule has 0 unspecified atom stereocenters. The van der Waals surface area contributed by atoms with Crippen molar-refractivity contribution in [1.29, 1.82) is 0 Å². The molecule has 0 N–H and O–H groups in total. The standard InChI is InChI=1S/C17H16FN3O/c1-2-10-20-11-12-21(15-8-5-9-19-16(15)20)17(22)13-6-3-4-7-14(13)18/h2-9H,1,10-12H2. The molecule has 1 aromatic carbocycles. The second-order valence-corrected chi connectivity index (χ2v) is 5.02. The second kappa shape index (κ2) is 5.97. The van der Waals surface area contributed by atoms with Crippen molar-refractivity contribution in [2.24, 2.45) is 0 Å². The Kier molecular flexibility index (Phi) is 3.87. The van der Waals surface area contributed by atoms with Crippen LogP contribution in [0.3, 0.4) is 0 Å². The van der Waals surface area contributed by atoms with Crippen LogP contribution < -0.4 is 9.80 Å². The van der Waals surface area contributed by atoms with Crippen LogP contribution in [-0.4, -0.2) is 30.5 Å². The Labute approximate surface area is 128 Å². The van der Waals surface area contributed by atoms with Crippen LogP contribution in [0, 0.1) is 5.82 Å². The molecule has 4 nitrogen and oxygen atoms in total. The first-order valence-corrected chi connectivity index (χ1v) is 7.09. The van der Waals surface area contributed by atoms with E-state index in [1.807, 2.05) is 11.0 Å². The van der Waals surface area contributed by atoms with E-state index < -0.39 is 5.82 Å². The average molecular weight is 297 g/mol. The normalized spacial score (nSPS) is 13.7. The van der Waals surface area contributed by atoms with E-state index in [2.05, 4.69) is 11.6 Å². The van der Waals surface area contributed by atoms with Crippen LogP contribution in [0.1, 0.15) is 10.4 Å². The topological polar surface area (TPSA) is 36.4 Å². The fourth-order valence-electron chi connectivity index (χ4n) is 2.61. The zero-order valence-electron chi connectivity index (χ0n) is 12.1. The number of carbonyl (C=O) groups excluding carboxylic acids is 1. The van der Waals surface area contributed by atoms with Crippen LogP contribution in [0.5, 0.6) is 0 Å². The van der Waals surface area contributed by atoms with E-state index in [1.165, 1.54) is 12.1 Å². The minimum absolute atomic E-state index is 0.0782. The third-order valence-electron chi connectivity index (χ3n) is 3.65. The minimum Gasteiger partial charge on any atom is -0.349 e. The molecule has 1 amide bonds. The lowest BCUT2D eigenvalue weighted by molar-refractivity contribution is 0.0982. The predicted molar refractivity (Wildman–Crippen MR) is 84.7 cm³/mol. The number of amides is 1. The third-order valence-corrected chi connectivity index (χ3v) is 3.65. The maximum absolute atomic E-state index is 13.9. The molecule has 0 saturated heterocycles. The Morgan fingerprint density at radius 1 is 1.27 bits per heavy atom. The molecule has 2 heterocycles. The van der Waals surface area contributed by atoms with Crippen LogP contribution in [0.25, 0.3) is 0 Å². The van der Waals surface area contributed by atoms with Gasteiger partial charge in [-0.15, -0.1) is 6.58 Å². The van der Waals surface area contributed by atoms with Gasteiger partial charge in [0.2, 0.25) is 0 Å². The first kappa shape index (κ1) is 14.3. The molecular weight excluding hydrogens is 281 g/mol. The number of carbonyl (C=O) groups is 1. The predicted octanol–water partition coefficient (Wildman–Crippen LogP) is 2.87. The molecule has 0 saturated carbocycles. The molecule has 5 heteroatoms. The van der Waals surface area contributed by atoms with E-state index in [-0.39, 0.29) is 11.5 Å². The van der Waals surface area contributed by atoms with Gasteiger partial charge in [-0.3, -0.25) is 4.79 Å². The first-order valence-electron chi connectivity index (χ1n) is 7.09. The van der Waals surface area contributed by atoms with Crippen LogP contribution in [0.4, 0.5) is 15.9 Å². The quantitative estimate of drug-likeness (QED) is 0.817. The number of pyridine rings is 1. The van der Waals surface area contributed by atoms with Gasteiger partial charge in [-0.2, -0.15) is 0 Å². The number of halogens is 1. The lowest BCUT2D eigenvalue weighted by Gasteiger charge is -2.36. The van der Waals surface area contributed by atoms with Gasteiger partial charge < -0.3 is 9.80 Å². The minimum atomic E-state index is -0.508. The molecule has 2 aromatic rings. The Morgan fingerprint density at radius 3 is 2.86 bits per heavy atom. The lowest BCUT2D eigenvalue weighted by atomic mass is 10.1. The average Bonchev–Trinajstić information content (AvgIpc) is 2.55. The van der Waals surface area contributed by atoms with E-state index >= 15 is 0 Å². The summed E-state index contributed by atoms with van der Waals surface area (Å²) in [5, 5.41) is 0. The summed E-state index contributed by atoms with van der Waals surface area (Å²) in [6.45, 7) is 5.52. The van der Waals surface area contributed by atoms with Crippen molar-refractivity contribution < 1.29 is 9.18 Å². The second-order valence-electron chi connectivity index (χ2n) is 5.02. The zero-order chi connectivity index (χ0) is 15.5. The summed E-state index contributed by atoms with van der Waals surface area (Å²) in [6.07, 6.45) is 3.48. The summed E-state index contributed by atoms with van der Waals surface area (Å²) in [7, 11) is 0. The van der Waals surface area contributed by atoms with Gasteiger partial charge in [0, 0.05) is 25.8 Å². The summed E-state index contributed by atoms with van der Waals surface area (Å²) >= 11 is 0.